The van der Waals surface area contributed by atoms with Crippen LogP contribution in [0.1, 0.15) is 39.3 Å². The molecule has 0 radical (unpaired) electrons. The van der Waals surface area contributed by atoms with Crippen LogP contribution in [0.25, 0.3) is 0 Å². The Morgan fingerprint density at radius 2 is 1.70 bits per heavy atom. The molecule has 1 aromatic carbocycles. The summed E-state index contributed by atoms with van der Waals surface area (Å²) in [4.78, 5) is 52.3. The fourth-order valence-electron chi connectivity index (χ4n) is 4.85. The average Bonchev–Trinajstić information content (AvgIpc) is 2.99. The molecule has 3 heterocycles. The first kappa shape index (κ1) is 20.5. The minimum absolute atomic E-state index is 0.516. The quantitative estimate of drug-likeness (QED) is 0.549. The van der Waals surface area contributed by atoms with Crippen molar-refractivity contribution in [1.82, 2.24) is 14.8 Å². The van der Waals surface area contributed by atoms with Crippen molar-refractivity contribution in [2.45, 2.75) is 61.6 Å². The summed E-state index contributed by atoms with van der Waals surface area (Å²) in [5.74, 6) is -2.35. The summed E-state index contributed by atoms with van der Waals surface area (Å²) in [5, 5.41) is 12.8. The van der Waals surface area contributed by atoms with E-state index < -0.39 is 62.5 Å². The number of β-lactam (4-membered cyclic amide) rings is 1. The maximum Gasteiger partial charge on any atom is 0.328 e. The van der Waals surface area contributed by atoms with Gasteiger partial charge in [0.2, 0.25) is 5.91 Å². The van der Waals surface area contributed by atoms with E-state index in [9.17, 15) is 28.6 Å². The van der Waals surface area contributed by atoms with Gasteiger partial charge in [0.25, 0.3) is 5.91 Å². The highest BCUT2D eigenvalue weighted by Gasteiger charge is 2.72. The van der Waals surface area contributed by atoms with Gasteiger partial charge < -0.3 is 14.9 Å². The fourth-order valence-corrected chi connectivity index (χ4v) is 6.81. The Morgan fingerprint density at radius 3 is 2.23 bits per heavy atom. The van der Waals surface area contributed by atoms with Gasteiger partial charge in [-0.25, -0.2) is 9.80 Å². The highest BCUT2D eigenvalue weighted by molar-refractivity contribution is 7.87. The molecule has 0 spiro atoms. The Labute approximate surface area is 175 Å². The predicted octanol–water partition coefficient (Wildman–Crippen LogP) is 0.820. The van der Waals surface area contributed by atoms with Crippen molar-refractivity contribution in [3.63, 3.8) is 0 Å². The second-order valence-corrected chi connectivity index (χ2v) is 10.8. The average molecular weight is 434 g/mol. The molecule has 5 atom stereocenters. The second kappa shape index (κ2) is 6.34. The zero-order chi connectivity index (χ0) is 22.2. The molecule has 30 heavy (non-hydrogen) atoms. The van der Waals surface area contributed by atoms with Crippen LogP contribution in [0.15, 0.2) is 35.6 Å². The SMILES string of the molecule is CC1(C)N(N=O)[C@H](c2ccccc2)C(=O)N1[C@@H]1C(=O)N2C(C(=O)O)C(C)(C)S(=O)[C@H]12. The molecule has 11 heteroatoms. The van der Waals surface area contributed by atoms with Gasteiger partial charge in [-0.15, -0.1) is 4.91 Å². The number of amides is 2. The molecule has 1 N–H and O–H groups in total. The molecular formula is C19H22N4O6S. The normalized spacial score (nSPS) is 34.0. The summed E-state index contributed by atoms with van der Waals surface area (Å²) in [7, 11) is -1.73. The predicted molar refractivity (Wildman–Crippen MR) is 106 cm³/mol. The van der Waals surface area contributed by atoms with Crippen molar-refractivity contribution in [2.24, 2.45) is 5.29 Å². The van der Waals surface area contributed by atoms with E-state index in [0.29, 0.717) is 5.56 Å². The molecule has 0 aliphatic carbocycles. The lowest BCUT2D eigenvalue weighted by molar-refractivity contribution is -0.172. The summed E-state index contributed by atoms with van der Waals surface area (Å²) in [6.07, 6.45) is 0. The topological polar surface area (TPSA) is 128 Å². The van der Waals surface area contributed by atoms with Gasteiger partial charge in [-0.1, -0.05) is 30.3 Å². The largest absolute Gasteiger partial charge is 0.480 e. The van der Waals surface area contributed by atoms with Crippen molar-refractivity contribution in [2.75, 3.05) is 0 Å². The fraction of sp³-hybridized carbons (Fsp3) is 0.526. The number of carboxylic acids is 1. The molecule has 2 unspecified atom stereocenters. The van der Waals surface area contributed by atoms with Crippen molar-refractivity contribution in [1.29, 1.82) is 0 Å². The van der Waals surface area contributed by atoms with E-state index in [-0.39, 0.29) is 0 Å². The van der Waals surface area contributed by atoms with Crippen molar-refractivity contribution < 1.29 is 23.7 Å². The van der Waals surface area contributed by atoms with Gasteiger partial charge in [-0.3, -0.25) is 13.8 Å². The van der Waals surface area contributed by atoms with Crippen LogP contribution >= 0.6 is 0 Å². The zero-order valence-corrected chi connectivity index (χ0v) is 17.7. The first-order valence-electron chi connectivity index (χ1n) is 9.44. The van der Waals surface area contributed by atoms with Crippen LogP contribution in [0.5, 0.6) is 0 Å². The molecule has 160 valence electrons. The van der Waals surface area contributed by atoms with Gasteiger partial charge in [0.05, 0.1) is 20.8 Å². The number of fused-ring (bicyclic) bond motifs is 1. The molecule has 0 aromatic heterocycles. The second-order valence-electron chi connectivity index (χ2n) is 8.66. The third-order valence-electron chi connectivity index (χ3n) is 6.31. The van der Waals surface area contributed by atoms with E-state index in [2.05, 4.69) is 5.29 Å². The lowest BCUT2D eigenvalue weighted by Gasteiger charge is -2.50. The first-order chi connectivity index (χ1) is 14.0. The standard InChI is InChI=1S/C19H22N4O6S/c1-18(2)13(17(26)27)21-14(24)12(16(21)30(18)29)22-15(25)11(10-8-6-5-7-9-10)23(20-28)19(22,3)4/h5-9,11-13,16H,1-4H3,(H,26,27)/t11-,12-,13?,16-,30?/m1/s1. The number of nitroso groups, excluding NO2 is 1. The van der Waals surface area contributed by atoms with Crippen LogP contribution < -0.4 is 0 Å². The Morgan fingerprint density at radius 1 is 1.10 bits per heavy atom. The molecule has 2 amide bonds. The van der Waals surface area contributed by atoms with Crippen molar-refractivity contribution in [3.05, 3.63) is 40.8 Å². The molecule has 3 saturated heterocycles. The molecule has 4 rings (SSSR count). The number of carbonyl (C=O) groups excluding carboxylic acids is 2. The van der Waals surface area contributed by atoms with Crippen LogP contribution in [0.4, 0.5) is 0 Å². The van der Waals surface area contributed by atoms with Crippen LogP contribution in [0, 0.1) is 4.91 Å². The maximum atomic E-state index is 13.4. The van der Waals surface area contributed by atoms with Gasteiger partial charge in [0.1, 0.15) is 23.1 Å². The van der Waals surface area contributed by atoms with Gasteiger partial charge in [-0.05, 0) is 33.3 Å². The van der Waals surface area contributed by atoms with Gasteiger partial charge in [0, 0.05) is 0 Å². The van der Waals surface area contributed by atoms with E-state index in [1.54, 1.807) is 44.2 Å². The molecule has 1 aromatic rings. The third-order valence-corrected chi connectivity index (χ3v) is 8.49. The van der Waals surface area contributed by atoms with Crippen molar-refractivity contribution >= 4 is 28.6 Å². The number of carbonyl (C=O) groups is 3. The molecule has 3 aliphatic heterocycles. The third kappa shape index (κ3) is 2.35. The van der Waals surface area contributed by atoms with Gasteiger partial charge in [-0.2, -0.15) is 0 Å². The summed E-state index contributed by atoms with van der Waals surface area (Å²) in [6.45, 7) is 6.24. The summed E-state index contributed by atoms with van der Waals surface area (Å²) < 4.78 is 12.0. The van der Waals surface area contributed by atoms with E-state index in [1.165, 1.54) is 18.7 Å². The van der Waals surface area contributed by atoms with Gasteiger partial charge in [0.15, 0.2) is 6.04 Å². The highest BCUT2D eigenvalue weighted by atomic mass is 32.2. The van der Waals surface area contributed by atoms with E-state index in [0.717, 1.165) is 9.91 Å². The monoisotopic (exact) mass is 434 g/mol. The Bertz CT molecular complexity index is 980. The molecule has 3 aliphatic rings. The first-order valence-corrected chi connectivity index (χ1v) is 10.7. The van der Waals surface area contributed by atoms with Crippen molar-refractivity contribution in [3.8, 4) is 0 Å². The van der Waals surface area contributed by atoms with E-state index >= 15 is 0 Å². The minimum Gasteiger partial charge on any atom is -0.480 e. The number of nitrogens with zero attached hydrogens (tertiary/aromatic N) is 4. The van der Waals surface area contributed by atoms with E-state index in [1.807, 2.05) is 0 Å². The van der Waals surface area contributed by atoms with Crippen LogP contribution in [0.2, 0.25) is 0 Å². The summed E-state index contributed by atoms with van der Waals surface area (Å²) in [5.41, 5.74) is -0.737. The van der Waals surface area contributed by atoms with Crippen LogP contribution in [0.3, 0.4) is 0 Å². The molecule has 0 saturated carbocycles. The Kier molecular flexibility index (Phi) is 4.32. The zero-order valence-electron chi connectivity index (χ0n) is 16.9. The highest BCUT2D eigenvalue weighted by Crippen LogP contribution is 2.50. The van der Waals surface area contributed by atoms with Gasteiger partial charge >= 0.3 is 5.97 Å². The van der Waals surface area contributed by atoms with Crippen LogP contribution in [-0.2, 0) is 25.2 Å². The molecule has 0 bridgehead atoms. The number of carboxylic acid groups (broad SMARTS) is 1. The summed E-state index contributed by atoms with van der Waals surface area (Å²) in [6, 6.07) is 5.19. The Balaban J connectivity index is 1.77. The molecular weight excluding hydrogens is 412 g/mol. The number of benzene rings is 1. The number of hydrogen-bond donors (Lipinski definition) is 1. The smallest absolute Gasteiger partial charge is 0.328 e. The summed E-state index contributed by atoms with van der Waals surface area (Å²) >= 11 is 0. The lowest BCUT2D eigenvalue weighted by Crippen LogP contribution is -2.74. The molecule has 3 fully saturated rings. The Hall–Kier alpha value is -2.82. The van der Waals surface area contributed by atoms with E-state index in [4.69, 9.17) is 0 Å². The lowest BCUT2D eigenvalue weighted by atomic mass is 9.94. The van der Waals surface area contributed by atoms with Crippen LogP contribution in [-0.4, -0.2) is 69.8 Å². The molecule has 10 nitrogen and oxygen atoms in total. The minimum atomic E-state index is -1.73. The number of rotatable bonds is 4. The number of hydrogen-bond acceptors (Lipinski definition) is 6. The maximum absolute atomic E-state index is 13.4. The number of aliphatic carboxylic acids is 1.